The molecule has 2 aliphatic heterocycles. The lowest BCUT2D eigenvalue weighted by Crippen LogP contribution is -2.40. The van der Waals surface area contributed by atoms with Crippen LogP contribution < -0.4 is 19.5 Å². The molecule has 0 saturated carbocycles. The summed E-state index contributed by atoms with van der Waals surface area (Å²) in [5.74, 6) is 2.17. The van der Waals surface area contributed by atoms with Gasteiger partial charge in [-0.15, -0.1) is 11.3 Å². The summed E-state index contributed by atoms with van der Waals surface area (Å²) < 4.78 is 16.4. The standard InChI is InChI=1S/C27H29N3O5S/c1-17-3-5-21(11-18(17)2)33-14-25(31)30-9-7-20(8-10-30)27-29-22(15-36-27)26(32)28-13-19-4-6-23-24(12-19)35-16-34-23/h3-6,11-12,15,20H,7-10,13-14,16H2,1-2H3,(H,28,32). The van der Waals surface area contributed by atoms with Crippen molar-refractivity contribution < 1.29 is 23.8 Å². The lowest BCUT2D eigenvalue weighted by Gasteiger charge is -2.31. The van der Waals surface area contributed by atoms with Crippen LogP contribution in [-0.4, -0.2) is 48.2 Å². The number of nitrogens with zero attached hydrogens (tertiary/aromatic N) is 2. The lowest BCUT2D eigenvalue weighted by atomic mass is 9.97. The van der Waals surface area contributed by atoms with Gasteiger partial charge < -0.3 is 24.4 Å². The number of benzene rings is 2. The van der Waals surface area contributed by atoms with Gasteiger partial charge in [0.15, 0.2) is 18.1 Å². The second-order valence-electron chi connectivity index (χ2n) is 9.13. The summed E-state index contributed by atoms with van der Waals surface area (Å²) >= 11 is 1.51. The van der Waals surface area contributed by atoms with E-state index in [1.807, 2.05) is 55.1 Å². The zero-order chi connectivity index (χ0) is 25.1. The molecule has 3 aromatic rings. The largest absolute Gasteiger partial charge is 0.484 e. The van der Waals surface area contributed by atoms with Gasteiger partial charge in [-0.3, -0.25) is 9.59 Å². The van der Waals surface area contributed by atoms with Crippen molar-refractivity contribution in [2.24, 2.45) is 0 Å². The summed E-state index contributed by atoms with van der Waals surface area (Å²) in [5.41, 5.74) is 3.70. The lowest BCUT2D eigenvalue weighted by molar-refractivity contribution is -0.134. The summed E-state index contributed by atoms with van der Waals surface area (Å²) in [6.45, 7) is 6.04. The Hall–Kier alpha value is -3.59. The van der Waals surface area contributed by atoms with Gasteiger partial charge in [-0.25, -0.2) is 4.98 Å². The molecule has 0 radical (unpaired) electrons. The van der Waals surface area contributed by atoms with Crippen LogP contribution >= 0.6 is 11.3 Å². The van der Waals surface area contributed by atoms with Gasteiger partial charge in [-0.1, -0.05) is 12.1 Å². The van der Waals surface area contributed by atoms with E-state index < -0.39 is 0 Å². The van der Waals surface area contributed by atoms with E-state index in [4.69, 9.17) is 14.2 Å². The Balaban J connectivity index is 1.08. The van der Waals surface area contributed by atoms with Gasteiger partial charge in [0.1, 0.15) is 11.4 Å². The van der Waals surface area contributed by atoms with Gasteiger partial charge in [-0.05, 0) is 67.6 Å². The minimum atomic E-state index is -0.203. The van der Waals surface area contributed by atoms with Crippen LogP contribution in [-0.2, 0) is 11.3 Å². The average molecular weight is 508 g/mol. The normalized spacial score (nSPS) is 15.1. The van der Waals surface area contributed by atoms with Crippen LogP contribution in [0.5, 0.6) is 17.2 Å². The Kier molecular flexibility index (Phi) is 7.09. The average Bonchev–Trinajstić information content (AvgIpc) is 3.58. The van der Waals surface area contributed by atoms with E-state index in [-0.39, 0.29) is 31.1 Å². The number of aromatic nitrogens is 1. The maximum atomic E-state index is 12.6. The number of nitrogens with one attached hydrogen (secondary N) is 1. The van der Waals surface area contributed by atoms with Crippen molar-refractivity contribution in [3.8, 4) is 17.2 Å². The molecule has 9 heteroatoms. The van der Waals surface area contributed by atoms with Crippen molar-refractivity contribution in [3.05, 3.63) is 69.2 Å². The molecule has 2 aliphatic rings. The van der Waals surface area contributed by atoms with E-state index in [1.54, 1.807) is 5.38 Å². The van der Waals surface area contributed by atoms with Crippen LogP contribution in [0.4, 0.5) is 0 Å². The van der Waals surface area contributed by atoms with Gasteiger partial charge in [0, 0.05) is 30.9 Å². The SMILES string of the molecule is Cc1ccc(OCC(=O)N2CCC(c3nc(C(=O)NCc4ccc5c(c4)OCO5)cs3)CC2)cc1C. The molecule has 3 heterocycles. The van der Waals surface area contributed by atoms with Crippen molar-refractivity contribution in [3.63, 3.8) is 0 Å². The number of piperidine rings is 1. The van der Waals surface area contributed by atoms with E-state index in [0.29, 0.717) is 36.8 Å². The molecule has 0 atom stereocenters. The fraction of sp³-hybridized carbons (Fsp3) is 0.370. The highest BCUT2D eigenvalue weighted by atomic mass is 32.1. The number of hydrogen-bond acceptors (Lipinski definition) is 7. The third-order valence-corrected chi connectivity index (χ3v) is 7.69. The van der Waals surface area contributed by atoms with Crippen molar-refractivity contribution in [1.29, 1.82) is 0 Å². The number of carbonyl (C=O) groups excluding carboxylic acids is 2. The fourth-order valence-electron chi connectivity index (χ4n) is 4.32. The molecule has 36 heavy (non-hydrogen) atoms. The molecule has 0 aliphatic carbocycles. The number of ether oxygens (including phenoxy) is 3. The molecule has 1 fully saturated rings. The van der Waals surface area contributed by atoms with E-state index in [9.17, 15) is 9.59 Å². The Morgan fingerprint density at radius 3 is 2.69 bits per heavy atom. The monoisotopic (exact) mass is 507 g/mol. The molecule has 0 bridgehead atoms. The van der Waals surface area contributed by atoms with Gasteiger partial charge in [0.05, 0.1) is 5.01 Å². The first-order valence-electron chi connectivity index (χ1n) is 12.1. The number of fused-ring (bicyclic) bond motifs is 1. The zero-order valence-electron chi connectivity index (χ0n) is 20.4. The Morgan fingerprint density at radius 1 is 1.08 bits per heavy atom. The predicted molar refractivity (Wildman–Crippen MR) is 136 cm³/mol. The molecule has 1 N–H and O–H groups in total. The number of hydrogen-bond donors (Lipinski definition) is 1. The van der Waals surface area contributed by atoms with Crippen LogP contribution in [0, 0.1) is 13.8 Å². The third kappa shape index (κ3) is 5.46. The van der Waals surface area contributed by atoms with Crippen LogP contribution in [0.1, 0.15) is 50.9 Å². The smallest absolute Gasteiger partial charge is 0.271 e. The summed E-state index contributed by atoms with van der Waals surface area (Å²) in [7, 11) is 0. The predicted octanol–water partition coefficient (Wildman–Crippen LogP) is 4.20. The highest BCUT2D eigenvalue weighted by Crippen LogP contribution is 2.33. The quantitative estimate of drug-likeness (QED) is 0.516. The molecule has 1 saturated heterocycles. The highest BCUT2D eigenvalue weighted by molar-refractivity contribution is 7.09. The van der Waals surface area contributed by atoms with Gasteiger partial charge >= 0.3 is 0 Å². The highest BCUT2D eigenvalue weighted by Gasteiger charge is 2.26. The van der Waals surface area contributed by atoms with Gasteiger partial charge in [0.25, 0.3) is 11.8 Å². The molecular weight excluding hydrogens is 478 g/mol. The van der Waals surface area contributed by atoms with E-state index >= 15 is 0 Å². The molecule has 2 aromatic carbocycles. The molecule has 2 amide bonds. The summed E-state index contributed by atoms with van der Waals surface area (Å²) in [4.78, 5) is 31.7. The van der Waals surface area contributed by atoms with Crippen LogP contribution in [0.2, 0.25) is 0 Å². The van der Waals surface area contributed by atoms with Crippen molar-refractivity contribution in [2.45, 2.75) is 39.2 Å². The molecule has 0 spiro atoms. The molecule has 8 nitrogen and oxygen atoms in total. The van der Waals surface area contributed by atoms with Crippen LogP contribution in [0.3, 0.4) is 0 Å². The molecular formula is C27H29N3O5S. The van der Waals surface area contributed by atoms with E-state index in [1.165, 1.54) is 16.9 Å². The van der Waals surface area contributed by atoms with Crippen LogP contribution in [0.15, 0.2) is 41.8 Å². The Bertz CT molecular complexity index is 1270. The molecule has 188 valence electrons. The van der Waals surface area contributed by atoms with Crippen LogP contribution in [0.25, 0.3) is 0 Å². The van der Waals surface area contributed by atoms with E-state index in [2.05, 4.69) is 10.3 Å². The second-order valence-corrected chi connectivity index (χ2v) is 10.0. The number of carbonyl (C=O) groups is 2. The Morgan fingerprint density at radius 2 is 1.89 bits per heavy atom. The van der Waals surface area contributed by atoms with E-state index in [0.717, 1.165) is 34.7 Å². The fourth-order valence-corrected chi connectivity index (χ4v) is 5.29. The summed E-state index contributed by atoms with van der Waals surface area (Å²) in [5, 5.41) is 5.67. The number of aryl methyl sites for hydroxylation is 2. The number of thiazole rings is 1. The molecule has 5 rings (SSSR count). The van der Waals surface area contributed by atoms with Crippen molar-refractivity contribution in [1.82, 2.24) is 15.2 Å². The Labute approximate surface area is 214 Å². The summed E-state index contributed by atoms with van der Waals surface area (Å²) in [6.07, 6.45) is 1.64. The number of amides is 2. The summed E-state index contributed by atoms with van der Waals surface area (Å²) in [6, 6.07) is 11.5. The first kappa shape index (κ1) is 24.1. The second kappa shape index (κ2) is 10.6. The first-order valence-corrected chi connectivity index (χ1v) is 12.9. The topological polar surface area (TPSA) is 90.0 Å². The first-order chi connectivity index (χ1) is 17.5. The zero-order valence-corrected chi connectivity index (χ0v) is 21.2. The third-order valence-electron chi connectivity index (χ3n) is 6.68. The minimum absolute atomic E-state index is 0.00518. The maximum Gasteiger partial charge on any atom is 0.271 e. The number of likely N-dealkylation sites (tertiary alicyclic amines) is 1. The minimum Gasteiger partial charge on any atom is -0.484 e. The molecule has 1 aromatic heterocycles. The maximum absolute atomic E-state index is 12.6. The van der Waals surface area contributed by atoms with Crippen molar-refractivity contribution >= 4 is 23.2 Å². The number of rotatable bonds is 7. The van der Waals surface area contributed by atoms with Gasteiger partial charge in [-0.2, -0.15) is 0 Å². The van der Waals surface area contributed by atoms with Gasteiger partial charge in [0.2, 0.25) is 6.79 Å². The van der Waals surface area contributed by atoms with Crippen molar-refractivity contribution in [2.75, 3.05) is 26.5 Å². The molecule has 0 unspecified atom stereocenters.